The van der Waals surface area contributed by atoms with Crippen LogP contribution in [-0.4, -0.2) is 29.2 Å². The van der Waals surface area contributed by atoms with E-state index in [0.29, 0.717) is 17.9 Å². The fourth-order valence-electron chi connectivity index (χ4n) is 3.64. The number of hydrogen-bond donors (Lipinski definition) is 3. The number of benzene rings is 2. The largest absolute Gasteiger partial charge is 0.315 e. The monoisotopic (exact) mass is 345 g/mol. The number of aryl methyl sites for hydroxylation is 1. The van der Waals surface area contributed by atoms with E-state index in [0.717, 1.165) is 35.0 Å². The van der Waals surface area contributed by atoms with Crippen molar-refractivity contribution in [1.29, 1.82) is 5.26 Å². The normalized spacial score (nSPS) is 19.4. The van der Waals surface area contributed by atoms with E-state index in [4.69, 9.17) is 0 Å². The van der Waals surface area contributed by atoms with Crippen LogP contribution in [0.5, 0.6) is 0 Å². The molecule has 6 heteroatoms. The van der Waals surface area contributed by atoms with Gasteiger partial charge >= 0.3 is 0 Å². The molecule has 0 saturated carbocycles. The second kappa shape index (κ2) is 6.28. The van der Waals surface area contributed by atoms with Crippen LogP contribution in [0, 0.1) is 18.3 Å². The minimum Gasteiger partial charge on any atom is -0.315 e. The van der Waals surface area contributed by atoms with E-state index in [1.165, 1.54) is 0 Å². The highest BCUT2D eigenvalue weighted by Gasteiger charge is 2.43. The molecule has 0 bridgehead atoms. The molecule has 6 nitrogen and oxygen atoms in total. The Bertz CT molecular complexity index is 1010. The van der Waals surface area contributed by atoms with Gasteiger partial charge in [-0.2, -0.15) is 10.4 Å². The summed E-state index contributed by atoms with van der Waals surface area (Å²) in [4.78, 5) is 13.2. The van der Waals surface area contributed by atoms with E-state index < -0.39 is 5.41 Å². The Kier molecular flexibility index (Phi) is 3.94. The van der Waals surface area contributed by atoms with Crippen molar-refractivity contribution >= 4 is 22.6 Å². The first kappa shape index (κ1) is 16.3. The molecule has 1 amide bonds. The van der Waals surface area contributed by atoms with Gasteiger partial charge in [0.25, 0.3) is 0 Å². The van der Waals surface area contributed by atoms with Gasteiger partial charge in [-0.3, -0.25) is 9.89 Å². The van der Waals surface area contributed by atoms with Crippen molar-refractivity contribution in [2.24, 2.45) is 0 Å². The molecular formula is C20H19N5O. The van der Waals surface area contributed by atoms with Gasteiger partial charge in [-0.25, -0.2) is 0 Å². The molecule has 3 N–H and O–H groups in total. The van der Waals surface area contributed by atoms with Crippen LogP contribution in [0.2, 0.25) is 0 Å². The Morgan fingerprint density at radius 3 is 2.81 bits per heavy atom. The number of hydrogen-bond acceptors (Lipinski definition) is 4. The zero-order valence-electron chi connectivity index (χ0n) is 14.5. The molecule has 1 atom stereocenters. The first-order chi connectivity index (χ1) is 12.6. The predicted octanol–water partition coefficient (Wildman–Crippen LogP) is 2.61. The van der Waals surface area contributed by atoms with Crippen molar-refractivity contribution in [2.75, 3.05) is 18.4 Å². The topological polar surface area (TPSA) is 93.6 Å². The number of H-pyrrole nitrogens is 1. The first-order valence-corrected chi connectivity index (χ1v) is 8.60. The lowest BCUT2D eigenvalue weighted by atomic mass is 9.78. The Morgan fingerprint density at radius 1 is 1.31 bits per heavy atom. The minimum atomic E-state index is -0.603. The van der Waals surface area contributed by atoms with Gasteiger partial charge in [-0.15, -0.1) is 0 Å². The average Bonchev–Trinajstić information content (AvgIpc) is 3.30. The number of carbonyl (C=O) groups excluding carboxylic acids is 1. The number of aromatic amines is 1. The van der Waals surface area contributed by atoms with E-state index in [1.54, 1.807) is 6.07 Å². The van der Waals surface area contributed by atoms with Crippen LogP contribution in [0.4, 0.5) is 5.82 Å². The van der Waals surface area contributed by atoms with Crippen molar-refractivity contribution < 1.29 is 4.79 Å². The molecule has 0 radical (unpaired) electrons. The summed E-state index contributed by atoms with van der Waals surface area (Å²) in [6.45, 7) is 3.28. The maximum absolute atomic E-state index is 13.2. The van der Waals surface area contributed by atoms with Gasteiger partial charge in [0.1, 0.15) is 0 Å². The average molecular weight is 345 g/mol. The maximum atomic E-state index is 13.2. The van der Waals surface area contributed by atoms with Gasteiger partial charge in [-0.1, -0.05) is 30.3 Å². The van der Waals surface area contributed by atoms with Crippen molar-refractivity contribution in [3.05, 3.63) is 59.2 Å². The summed E-state index contributed by atoms with van der Waals surface area (Å²) in [7, 11) is 0. The fraction of sp³-hybridized carbons (Fsp3) is 0.250. The third kappa shape index (κ3) is 2.54. The zero-order valence-corrected chi connectivity index (χ0v) is 14.5. The molecule has 1 unspecified atom stereocenters. The first-order valence-electron chi connectivity index (χ1n) is 8.60. The van der Waals surface area contributed by atoms with Gasteiger partial charge in [0.05, 0.1) is 22.6 Å². The van der Waals surface area contributed by atoms with E-state index in [2.05, 4.69) is 26.9 Å². The minimum absolute atomic E-state index is 0.0656. The number of rotatable bonds is 3. The Hall–Kier alpha value is -3.17. The summed E-state index contributed by atoms with van der Waals surface area (Å²) in [6, 6.07) is 15.7. The van der Waals surface area contributed by atoms with E-state index >= 15 is 0 Å². The number of fused-ring (bicyclic) bond motifs is 1. The molecule has 1 aromatic heterocycles. The Balaban J connectivity index is 1.71. The van der Waals surface area contributed by atoms with Gasteiger partial charge in [-0.05, 0) is 43.1 Å². The maximum Gasteiger partial charge on any atom is 0.237 e. The number of amides is 1. The lowest BCUT2D eigenvalue weighted by Gasteiger charge is -2.27. The molecule has 2 heterocycles. The van der Waals surface area contributed by atoms with Crippen LogP contribution < -0.4 is 10.6 Å². The lowest BCUT2D eigenvalue weighted by Crippen LogP contribution is -2.42. The summed E-state index contributed by atoms with van der Waals surface area (Å²) >= 11 is 0. The van der Waals surface area contributed by atoms with E-state index in [9.17, 15) is 10.1 Å². The summed E-state index contributed by atoms with van der Waals surface area (Å²) in [6.07, 6.45) is 0.739. The van der Waals surface area contributed by atoms with Crippen LogP contribution in [0.3, 0.4) is 0 Å². The van der Waals surface area contributed by atoms with Crippen LogP contribution >= 0.6 is 0 Å². The standard InChI is InChI=1S/C20H19N5O/c1-13-9-16-17(10-14(13)11-21)24-25-18(16)23-19(26)20(7-8-22-12-20)15-5-3-2-4-6-15/h2-6,9-10,22H,7-8,12H2,1H3,(H2,23,24,25,26). The lowest BCUT2D eigenvalue weighted by molar-refractivity contribution is -0.121. The third-order valence-corrected chi connectivity index (χ3v) is 5.18. The van der Waals surface area contributed by atoms with E-state index in [1.807, 2.05) is 43.3 Å². The molecule has 1 aliphatic heterocycles. The second-order valence-electron chi connectivity index (χ2n) is 6.73. The molecule has 26 heavy (non-hydrogen) atoms. The predicted molar refractivity (Wildman–Crippen MR) is 99.8 cm³/mol. The number of nitriles is 1. The van der Waals surface area contributed by atoms with Crippen LogP contribution in [0.1, 0.15) is 23.1 Å². The molecule has 0 spiro atoms. The number of nitrogens with one attached hydrogen (secondary N) is 3. The summed E-state index contributed by atoms with van der Waals surface area (Å²) in [5.74, 6) is 0.434. The molecule has 1 aliphatic rings. The smallest absolute Gasteiger partial charge is 0.237 e. The molecule has 130 valence electrons. The van der Waals surface area contributed by atoms with Gasteiger partial charge in [0, 0.05) is 11.9 Å². The molecule has 4 rings (SSSR count). The molecule has 3 aromatic rings. The summed E-state index contributed by atoms with van der Waals surface area (Å²) in [5.41, 5.74) is 2.59. The third-order valence-electron chi connectivity index (χ3n) is 5.18. The Morgan fingerprint density at radius 2 is 2.12 bits per heavy atom. The van der Waals surface area contributed by atoms with Crippen LogP contribution in [0.15, 0.2) is 42.5 Å². The number of anilines is 1. The van der Waals surface area contributed by atoms with Crippen molar-refractivity contribution in [2.45, 2.75) is 18.8 Å². The van der Waals surface area contributed by atoms with Gasteiger partial charge < -0.3 is 10.6 Å². The van der Waals surface area contributed by atoms with Crippen LogP contribution in [-0.2, 0) is 10.2 Å². The fourth-order valence-corrected chi connectivity index (χ4v) is 3.64. The van der Waals surface area contributed by atoms with Crippen molar-refractivity contribution in [1.82, 2.24) is 15.5 Å². The highest BCUT2D eigenvalue weighted by Crippen LogP contribution is 2.33. The van der Waals surface area contributed by atoms with Crippen molar-refractivity contribution in [3.8, 4) is 6.07 Å². The molecule has 1 fully saturated rings. The number of nitrogens with zero attached hydrogens (tertiary/aromatic N) is 2. The molecule has 0 aliphatic carbocycles. The SMILES string of the molecule is Cc1cc2c(NC(=O)C3(c4ccccc4)CCNC3)n[nH]c2cc1C#N. The van der Waals surface area contributed by atoms with Gasteiger partial charge in [0.2, 0.25) is 5.91 Å². The molecule has 1 saturated heterocycles. The highest BCUT2D eigenvalue weighted by molar-refractivity contribution is 6.04. The van der Waals surface area contributed by atoms with E-state index in [-0.39, 0.29) is 5.91 Å². The number of carbonyl (C=O) groups is 1. The highest BCUT2D eigenvalue weighted by atomic mass is 16.2. The quantitative estimate of drug-likeness (QED) is 0.680. The Labute approximate surface area is 151 Å². The number of aromatic nitrogens is 2. The van der Waals surface area contributed by atoms with Crippen LogP contribution in [0.25, 0.3) is 10.9 Å². The summed E-state index contributed by atoms with van der Waals surface area (Å²) in [5, 5.41) is 23.5. The molecular weight excluding hydrogens is 326 g/mol. The summed E-state index contributed by atoms with van der Waals surface area (Å²) < 4.78 is 0. The second-order valence-corrected chi connectivity index (χ2v) is 6.73. The molecule has 2 aromatic carbocycles. The van der Waals surface area contributed by atoms with Crippen molar-refractivity contribution in [3.63, 3.8) is 0 Å². The van der Waals surface area contributed by atoms with Gasteiger partial charge in [0.15, 0.2) is 5.82 Å². The zero-order chi connectivity index (χ0) is 18.1.